The lowest BCUT2D eigenvalue weighted by Crippen LogP contribution is -2.29. The summed E-state index contributed by atoms with van der Waals surface area (Å²) in [6, 6.07) is 0. The highest BCUT2D eigenvalue weighted by Gasteiger charge is 2.05. The van der Waals surface area contributed by atoms with Gasteiger partial charge in [0.15, 0.2) is 0 Å². The zero-order valence-electron chi connectivity index (χ0n) is 11.4. The number of hydrogen-bond donors (Lipinski definition) is 2. The summed E-state index contributed by atoms with van der Waals surface area (Å²) in [5.74, 6) is 0. The van der Waals surface area contributed by atoms with Crippen LogP contribution >= 0.6 is 0 Å². The Kier molecular flexibility index (Phi) is 11.2. The Morgan fingerprint density at radius 3 is 1.84 bits per heavy atom. The van der Waals surface area contributed by atoms with Crippen LogP contribution in [0.4, 0.5) is 4.39 Å². The van der Waals surface area contributed by atoms with Gasteiger partial charge in [-0.3, -0.25) is 0 Å². The van der Waals surface area contributed by atoms with Gasteiger partial charge in [0.1, 0.15) is 6.61 Å². The van der Waals surface area contributed by atoms with Crippen molar-refractivity contribution >= 4 is 0 Å². The van der Waals surface area contributed by atoms with Crippen LogP contribution in [-0.4, -0.2) is 78.8 Å². The normalized spacial score (nSPS) is 27.3. The molecule has 1 aliphatic heterocycles. The molecule has 1 unspecified atom stereocenters. The molecule has 0 aromatic rings. The minimum absolute atomic E-state index is 0.0265. The van der Waals surface area contributed by atoms with Gasteiger partial charge in [-0.1, -0.05) is 0 Å². The topological polar surface area (TPSA) is 61.0 Å². The third kappa shape index (κ3) is 11.2. The van der Waals surface area contributed by atoms with E-state index in [1.54, 1.807) is 0 Å². The first-order valence-corrected chi connectivity index (χ1v) is 6.80. The molecule has 0 bridgehead atoms. The van der Waals surface area contributed by atoms with Crippen molar-refractivity contribution in [2.45, 2.75) is 6.36 Å². The maximum Gasteiger partial charge on any atom is 0.222 e. The van der Waals surface area contributed by atoms with Crippen molar-refractivity contribution in [3.05, 3.63) is 0 Å². The van der Waals surface area contributed by atoms with Crippen molar-refractivity contribution in [1.29, 1.82) is 0 Å². The molecule has 6 nitrogen and oxygen atoms in total. The fraction of sp³-hybridized carbons (Fsp3) is 1.00. The molecular weight excluding hydrogens is 255 g/mol. The summed E-state index contributed by atoms with van der Waals surface area (Å²) in [4.78, 5) is 0. The van der Waals surface area contributed by atoms with Gasteiger partial charge in [-0.15, -0.1) is 0 Å². The van der Waals surface area contributed by atoms with Gasteiger partial charge < -0.3 is 29.6 Å². The van der Waals surface area contributed by atoms with Gasteiger partial charge in [0.2, 0.25) is 6.36 Å². The van der Waals surface area contributed by atoms with Crippen LogP contribution in [0, 0.1) is 0 Å². The summed E-state index contributed by atoms with van der Waals surface area (Å²) < 4.78 is 34.0. The molecule has 1 aliphatic rings. The van der Waals surface area contributed by atoms with Crippen molar-refractivity contribution in [3.8, 4) is 0 Å². The van der Waals surface area contributed by atoms with E-state index in [1.165, 1.54) is 0 Å². The maximum absolute atomic E-state index is 13.2. The lowest BCUT2D eigenvalue weighted by molar-refractivity contribution is -0.0865. The summed E-state index contributed by atoms with van der Waals surface area (Å²) in [7, 11) is 0. The van der Waals surface area contributed by atoms with Crippen LogP contribution in [0.2, 0.25) is 0 Å². The Morgan fingerprint density at radius 1 is 0.684 bits per heavy atom. The van der Waals surface area contributed by atoms with Crippen molar-refractivity contribution in [3.63, 3.8) is 0 Å². The fourth-order valence-electron chi connectivity index (χ4n) is 1.49. The predicted octanol–water partition coefficient (Wildman–Crippen LogP) is -0.459. The summed E-state index contributed by atoms with van der Waals surface area (Å²) in [5, 5.41) is 6.24. The summed E-state index contributed by atoms with van der Waals surface area (Å²) in [6.45, 7) is 5.95. The van der Waals surface area contributed by atoms with E-state index >= 15 is 0 Å². The average molecular weight is 280 g/mol. The van der Waals surface area contributed by atoms with Crippen molar-refractivity contribution in [2.24, 2.45) is 0 Å². The largest absolute Gasteiger partial charge is 0.378 e. The molecule has 0 aliphatic carbocycles. The number of ether oxygens (including phenoxy) is 4. The van der Waals surface area contributed by atoms with E-state index in [4.69, 9.17) is 18.9 Å². The maximum atomic E-state index is 13.2. The quantitative estimate of drug-likeness (QED) is 0.626. The Hall–Kier alpha value is -0.310. The van der Waals surface area contributed by atoms with Crippen molar-refractivity contribution < 1.29 is 23.3 Å². The van der Waals surface area contributed by atoms with Crippen molar-refractivity contribution in [1.82, 2.24) is 10.6 Å². The van der Waals surface area contributed by atoms with Gasteiger partial charge in [-0.25, -0.2) is 4.39 Å². The standard InChI is InChI=1S/C12H25FN2O4/c13-12-11-18-7-3-14-1-5-16-9-10-17-6-2-15-4-8-19-12/h12,14-15H,1-11H2. The van der Waals surface area contributed by atoms with E-state index in [0.717, 1.165) is 13.1 Å². The van der Waals surface area contributed by atoms with E-state index in [-0.39, 0.29) is 6.61 Å². The molecule has 0 amide bonds. The molecule has 1 atom stereocenters. The molecular formula is C12H25FN2O4. The van der Waals surface area contributed by atoms with Crippen molar-refractivity contribution in [2.75, 3.05) is 72.4 Å². The van der Waals surface area contributed by atoms with Gasteiger partial charge >= 0.3 is 0 Å². The molecule has 0 saturated carbocycles. The Morgan fingerprint density at radius 2 is 1.21 bits per heavy atom. The zero-order chi connectivity index (χ0) is 13.6. The van der Waals surface area contributed by atoms with Crippen LogP contribution in [-0.2, 0) is 18.9 Å². The number of alkyl halides is 1. The second-order valence-corrected chi connectivity index (χ2v) is 4.08. The number of halogens is 1. The third-order valence-corrected chi connectivity index (χ3v) is 2.47. The summed E-state index contributed by atoms with van der Waals surface area (Å²) in [6.07, 6.45) is -1.36. The molecule has 0 aromatic heterocycles. The summed E-state index contributed by atoms with van der Waals surface area (Å²) >= 11 is 0. The second kappa shape index (κ2) is 12.7. The van der Waals surface area contributed by atoms with Gasteiger partial charge in [0, 0.05) is 26.2 Å². The molecule has 0 radical (unpaired) electrons. The monoisotopic (exact) mass is 280 g/mol. The molecule has 0 spiro atoms. The first-order valence-electron chi connectivity index (χ1n) is 6.80. The Bertz CT molecular complexity index is 183. The molecule has 1 heterocycles. The minimum atomic E-state index is -1.36. The van der Waals surface area contributed by atoms with Gasteiger partial charge in [-0.05, 0) is 0 Å². The predicted molar refractivity (Wildman–Crippen MR) is 69.0 cm³/mol. The fourth-order valence-corrected chi connectivity index (χ4v) is 1.49. The molecule has 1 saturated heterocycles. The molecule has 7 heteroatoms. The van der Waals surface area contributed by atoms with E-state index in [9.17, 15) is 4.39 Å². The van der Waals surface area contributed by atoms with E-state index in [0.29, 0.717) is 52.7 Å². The van der Waals surface area contributed by atoms with Crippen LogP contribution in [0.25, 0.3) is 0 Å². The van der Waals surface area contributed by atoms with Crippen LogP contribution in [0.3, 0.4) is 0 Å². The SMILES string of the molecule is FC1COCCNCCOCCOCCNCCO1. The first-order chi connectivity index (χ1) is 9.39. The van der Waals surface area contributed by atoms with Gasteiger partial charge in [-0.2, -0.15) is 0 Å². The first kappa shape index (κ1) is 16.7. The number of rotatable bonds is 0. The molecule has 1 rings (SSSR count). The lowest BCUT2D eigenvalue weighted by atomic mass is 10.6. The molecule has 19 heavy (non-hydrogen) atoms. The van der Waals surface area contributed by atoms with E-state index in [1.807, 2.05) is 0 Å². The minimum Gasteiger partial charge on any atom is -0.378 e. The van der Waals surface area contributed by atoms with Crippen LogP contribution in [0.1, 0.15) is 0 Å². The van der Waals surface area contributed by atoms with E-state index < -0.39 is 6.36 Å². The highest BCUT2D eigenvalue weighted by Crippen LogP contribution is 1.94. The Balaban J connectivity index is 2.08. The molecule has 2 N–H and O–H groups in total. The van der Waals surface area contributed by atoms with E-state index in [2.05, 4.69) is 10.6 Å². The Labute approximate surface area is 113 Å². The second-order valence-electron chi connectivity index (χ2n) is 4.08. The molecule has 114 valence electrons. The highest BCUT2D eigenvalue weighted by molar-refractivity contribution is 4.49. The zero-order valence-corrected chi connectivity index (χ0v) is 11.4. The van der Waals surface area contributed by atoms with Gasteiger partial charge in [0.25, 0.3) is 0 Å². The summed E-state index contributed by atoms with van der Waals surface area (Å²) in [5.41, 5.74) is 0. The molecule has 1 fully saturated rings. The lowest BCUT2D eigenvalue weighted by Gasteiger charge is -2.12. The smallest absolute Gasteiger partial charge is 0.222 e. The third-order valence-electron chi connectivity index (χ3n) is 2.47. The number of nitrogens with one attached hydrogen (secondary N) is 2. The van der Waals surface area contributed by atoms with Crippen LogP contribution in [0.15, 0.2) is 0 Å². The number of hydrogen-bond acceptors (Lipinski definition) is 6. The molecule has 0 aromatic carbocycles. The average Bonchev–Trinajstić information content (AvgIpc) is 2.41. The highest BCUT2D eigenvalue weighted by atomic mass is 19.1. The van der Waals surface area contributed by atoms with Crippen LogP contribution in [0.5, 0.6) is 0 Å². The van der Waals surface area contributed by atoms with Gasteiger partial charge in [0.05, 0.1) is 39.6 Å². The van der Waals surface area contributed by atoms with Crippen LogP contribution < -0.4 is 10.6 Å².